The van der Waals surface area contributed by atoms with Crippen molar-refractivity contribution in [3.63, 3.8) is 0 Å². The molecule has 0 saturated carbocycles. The fourth-order valence-electron chi connectivity index (χ4n) is 2.51. The Hall–Kier alpha value is -2.86. The molecule has 2 aromatic carbocycles. The number of nitrogens with one attached hydrogen (secondary N) is 1. The van der Waals surface area contributed by atoms with Gasteiger partial charge in [-0.3, -0.25) is 4.79 Å². The van der Waals surface area contributed by atoms with Gasteiger partial charge in [0, 0.05) is 11.3 Å². The minimum atomic E-state index is -0.0604. The highest BCUT2D eigenvalue weighted by Gasteiger charge is 2.08. The van der Waals surface area contributed by atoms with Crippen LogP contribution in [0.5, 0.6) is 5.75 Å². The summed E-state index contributed by atoms with van der Waals surface area (Å²) in [5, 5.41) is 12.1. The van der Waals surface area contributed by atoms with Crippen LogP contribution in [0.2, 0.25) is 0 Å². The number of aryl methyl sites for hydroxylation is 2. The summed E-state index contributed by atoms with van der Waals surface area (Å²) in [6, 6.07) is 17.4. The smallest absolute Gasteiger partial charge is 0.234 e. The summed E-state index contributed by atoms with van der Waals surface area (Å²) >= 11 is 1.36. The van der Waals surface area contributed by atoms with E-state index in [0.717, 1.165) is 33.8 Å². The molecule has 1 aromatic heterocycles. The van der Waals surface area contributed by atoms with Crippen LogP contribution in [0.3, 0.4) is 0 Å². The highest BCUT2D eigenvalue weighted by atomic mass is 32.2. The third kappa shape index (κ3) is 5.08. The number of thioether (sulfide) groups is 1. The minimum Gasteiger partial charge on any atom is -0.497 e. The van der Waals surface area contributed by atoms with Gasteiger partial charge in [0.2, 0.25) is 5.91 Å². The van der Waals surface area contributed by atoms with Gasteiger partial charge in [0.15, 0.2) is 0 Å². The first-order chi connectivity index (χ1) is 13.0. The summed E-state index contributed by atoms with van der Waals surface area (Å²) in [5.41, 5.74) is 4.75. The lowest BCUT2D eigenvalue weighted by molar-refractivity contribution is -0.113. The van der Waals surface area contributed by atoms with Crippen LogP contribution in [-0.4, -0.2) is 29.0 Å². The molecule has 0 radical (unpaired) electrons. The fourth-order valence-corrected chi connectivity index (χ4v) is 3.12. The van der Waals surface area contributed by atoms with Gasteiger partial charge < -0.3 is 10.1 Å². The molecule has 1 amide bonds. The molecule has 0 spiro atoms. The summed E-state index contributed by atoms with van der Waals surface area (Å²) in [7, 11) is 1.64. The standard InChI is InChI=1S/C21H21N3O2S/c1-14-4-5-15(2)19(12-14)22-20(25)13-27-21-11-10-18(23-24-21)16-6-8-17(26-3)9-7-16/h4-12H,13H2,1-3H3,(H,22,25). The average molecular weight is 379 g/mol. The van der Waals surface area contributed by atoms with Crippen molar-refractivity contribution in [3.8, 4) is 17.0 Å². The second-order valence-corrected chi connectivity index (χ2v) is 7.14. The van der Waals surface area contributed by atoms with Gasteiger partial charge >= 0.3 is 0 Å². The Morgan fingerprint density at radius 1 is 1.04 bits per heavy atom. The predicted octanol–water partition coefficient (Wildman–Crippen LogP) is 4.50. The highest BCUT2D eigenvalue weighted by molar-refractivity contribution is 7.99. The van der Waals surface area contributed by atoms with E-state index in [2.05, 4.69) is 15.5 Å². The van der Waals surface area contributed by atoms with Crippen LogP contribution < -0.4 is 10.1 Å². The quantitative estimate of drug-likeness (QED) is 0.639. The predicted molar refractivity (Wildman–Crippen MR) is 109 cm³/mol. The number of methoxy groups -OCH3 is 1. The number of carbonyl (C=O) groups excluding carboxylic acids is 1. The molecule has 0 fully saturated rings. The zero-order chi connectivity index (χ0) is 19.2. The molecule has 5 nitrogen and oxygen atoms in total. The lowest BCUT2D eigenvalue weighted by atomic mass is 10.1. The van der Waals surface area contributed by atoms with Crippen LogP contribution in [0.25, 0.3) is 11.3 Å². The van der Waals surface area contributed by atoms with E-state index in [1.807, 2.05) is 68.4 Å². The van der Waals surface area contributed by atoms with E-state index in [-0.39, 0.29) is 11.7 Å². The number of hydrogen-bond acceptors (Lipinski definition) is 5. The Labute approximate surface area is 163 Å². The number of rotatable bonds is 6. The van der Waals surface area contributed by atoms with E-state index in [0.29, 0.717) is 5.03 Å². The van der Waals surface area contributed by atoms with Crippen molar-refractivity contribution >= 4 is 23.4 Å². The molecule has 6 heteroatoms. The van der Waals surface area contributed by atoms with Crippen LogP contribution in [0.15, 0.2) is 59.6 Å². The molecule has 0 aliphatic carbocycles. The second kappa shape index (κ2) is 8.68. The van der Waals surface area contributed by atoms with E-state index in [9.17, 15) is 4.79 Å². The molecule has 27 heavy (non-hydrogen) atoms. The molecule has 138 valence electrons. The van der Waals surface area contributed by atoms with Crippen molar-refractivity contribution in [1.82, 2.24) is 10.2 Å². The number of amides is 1. The van der Waals surface area contributed by atoms with Crippen molar-refractivity contribution in [1.29, 1.82) is 0 Å². The molecule has 0 saturated heterocycles. The maximum atomic E-state index is 12.2. The topological polar surface area (TPSA) is 64.1 Å². The third-order valence-corrected chi connectivity index (χ3v) is 4.96. The van der Waals surface area contributed by atoms with Gasteiger partial charge in [0.1, 0.15) is 10.8 Å². The van der Waals surface area contributed by atoms with Crippen LogP contribution >= 0.6 is 11.8 Å². The Morgan fingerprint density at radius 3 is 2.48 bits per heavy atom. The second-order valence-electron chi connectivity index (χ2n) is 6.14. The van der Waals surface area contributed by atoms with Gasteiger partial charge in [0.05, 0.1) is 18.6 Å². The number of carbonyl (C=O) groups is 1. The van der Waals surface area contributed by atoms with Gasteiger partial charge in [-0.25, -0.2) is 0 Å². The molecule has 1 N–H and O–H groups in total. The number of nitrogens with zero attached hydrogens (tertiary/aromatic N) is 2. The number of aromatic nitrogens is 2. The van der Waals surface area contributed by atoms with Gasteiger partial charge in [-0.1, -0.05) is 23.9 Å². The summed E-state index contributed by atoms with van der Waals surface area (Å²) in [5.74, 6) is 1.02. The van der Waals surface area contributed by atoms with Crippen LogP contribution in [0.4, 0.5) is 5.69 Å². The monoisotopic (exact) mass is 379 g/mol. The van der Waals surface area contributed by atoms with E-state index in [1.165, 1.54) is 11.8 Å². The lowest BCUT2D eigenvalue weighted by Gasteiger charge is -2.09. The fraction of sp³-hybridized carbons (Fsp3) is 0.190. The molecule has 0 bridgehead atoms. The average Bonchev–Trinajstić information content (AvgIpc) is 2.70. The maximum absolute atomic E-state index is 12.2. The maximum Gasteiger partial charge on any atom is 0.234 e. The van der Waals surface area contributed by atoms with E-state index >= 15 is 0 Å². The summed E-state index contributed by atoms with van der Waals surface area (Å²) in [6.07, 6.45) is 0. The molecule has 0 unspecified atom stereocenters. The van der Waals surface area contributed by atoms with Gasteiger partial charge in [0.25, 0.3) is 0 Å². The lowest BCUT2D eigenvalue weighted by Crippen LogP contribution is -2.15. The Bertz CT molecular complexity index is 925. The number of ether oxygens (including phenoxy) is 1. The molecule has 3 rings (SSSR count). The molecular weight excluding hydrogens is 358 g/mol. The van der Waals surface area contributed by atoms with Crippen LogP contribution in [0.1, 0.15) is 11.1 Å². The molecule has 1 heterocycles. The number of hydrogen-bond donors (Lipinski definition) is 1. The van der Waals surface area contributed by atoms with Crippen molar-refractivity contribution < 1.29 is 9.53 Å². The minimum absolute atomic E-state index is 0.0604. The van der Waals surface area contributed by atoms with Gasteiger partial charge in [-0.05, 0) is 67.4 Å². The molecule has 3 aromatic rings. The number of anilines is 1. The summed E-state index contributed by atoms with van der Waals surface area (Å²) in [4.78, 5) is 12.2. The molecule has 0 aliphatic heterocycles. The van der Waals surface area contributed by atoms with Crippen molar-refractivity contribution in [2.24, 2.45) is 0 Å². The van der Waals surface area contributed by atoms with Gasteiger partial charge in [-0.2, -0.15) is 0 Å². The van der Waals surface area contributed by atoms with Crippen molar-refractivity contribution in [2.75, 3.05) is 18.2 Å². The largest absolute Gasteiger partial charge is 0.497 e. The van der Waals surface area contributed by atoms with E-state index in [4.69, 9.17) is 4.74 Å². The van der Waals surface area contributed by atoms with Crippen molar-refractivity contribution in [3.05, 3.63) is 65.7 Å². The first-order valence-corrected chi connectivity index (χ1v) is 9.52. The normalized spacial score (nSPS) is 10.5. The zero-order valence-electron chi connectivity index (χ0n) is 15.5. The van der Waals surface area contributed by atoms with Crippen LogP contribution in [-0.2, 0) is 4.79 Å². The molecular formula is C21H21N3O2S. The molecule has 0 atom stereocenters. The SMILES string of the molecule is COc1ccc(-c2ccc(SCC(=O)Nc3cc(C)ccc3C)nn2)cc1. The van der Waals surface area contributed by atoms with E-state index in [1.54, 1.807) is 7.11 Å². The number of benzene rings is 2. The summed E-state index contributed by atoms with van der Waals surface area (Å²) < 4.78 is 5.16. The highest BCUT2D eigenvalue weighted by Crippen LogP contribution is 2.22. The zero-order valence-corrected chi connectivity index (χ0v) is 16.3. The van der Waals surface area contributed by atoms with Crippen LogP contribution in [0, 0.1) is 13.8 Å². The molecule has 0 aliphatic rings. The Kier molecular flexibility index (Phi) is 6.08. The van der Waals surface area contributed by atoms with Gasteiger partial charge in [-0.15, -0.1) is 10.2 Å². The first-order valence-electron chi connectivity index (χ1n) is 8.53. The third-order valence-electron chi connectivity index (χ3n) is 4.04. The van der Waals surface area contributed by atoms with E-state index < -0.39 is 0 Å². The van der Waals surface area contributed by atoms with Crippen molar-refractivity contribution in [2.45, 2.75) is 18.9 Å². The Morgan fingerprint density at radius 2 is 1.81 bits per heavy atom. The Balaban J connectivity index is 1.58. The summed E-state index contributed by atoms with van der Waals surface area (Å²) in [6.45, 7) is 3.98. The first kappa shape index (κ1) is 18.9.